The van der Waals surface area contributed by atoms with E-state index in [-0.39, 0.29) is 24.0 Å². The molecular formula is C19H22IN5. The van der Waals surface area contributed by atoms with Gasteiger partial charge in [0.05, 0.1) is 12.9 Å². The van der Waals surface area contributed by atoms with E-state index in [1.54, 1.807) is 6.20 Å². The molecule has 3 N–H and O–H groups in total. The molecule has 1 heterocycles. The topological polar surface area (TPSA) is 68.2 Å². The van der Waals surface area contributed by atoms with E-state index in [0.29, 0.717) is 12.5 Å². The minimum Gasteiger partial charge on any atom is -0.370 e. The highest BCUT2D eigenvalue weighted by atomic mass is 127. The summed E-state index contributed by atoms with van der Waals surface area (Å²) >= 11 is 0. The summed E-state index contributed by atoms with van der Waals surface area (Å²) in [5.74, 6) is 0.420. The Balaban J connectivity index is 0.00000225. The highest BCUT2D eigenvalue weighted by molar-refractivity contribution is 14.0. The van der Waals surface area contributed by atoms with Gasteiger partial charge in [0, 0.05) is 24.6 Å². The number of rotatable bonds is 5. The first-order chi connectivity index (χ1) is 11.7. The zero-order valence-electron chi connectivity index (χ0n) is 14.1. The Hall–Kier alpha value is -2.35. The lowest BCUT2D eigenvalue weighted by atomic mass is 10.1. The number of guanidine groups is 1. The summed E-state index contributed by atoms with van der Waals surface area (Å²) in [6, 6.07) is 16.4. The molecule has 25 heavy (non-hydrogen) atoms. The summed E-state index contributed by atoms with van der Waals surface area (Å²) in [4.78, 5) is 8.44. The minimum absolute atomic E-state index is 0. The molecule has 0 unspecified atom stereocenters. The fourth-order valence-corrected chi connectivity index (χ4v) is 2.43. The number of imidazole rings is 1. The van der Waals surface area contributed by atoms with Gasteiger partial charge in [-0.15, -0.1) is 24.0 Å². The Bertz CT molecular complexity index is 810. The van der Waals surface area contributed by atoms with E-state index in [0.717, 1.165) is 17.8 Å². The molecule has 0 aliphatic heterocycles. The number of hydrogen-bond acceptors (Lipinski definition) is 2. The molecule has 0 saturated heterocycles. The van der Waals surface area contributed by atoms with Crippen LogP contribution in [-0.2, 0) is 13.1 Å². The van der Waals surface area contributed by atoms with Gasteiger partial charge in [0.1, 0.15) is 0 Å². The monoisotopic (exact) mass is 447 g/mol. The molecule has 3 rings (SSSR count). The third-order valence-electron chi connectivity index (χ3n) is 3.67. The highest BCUT2D eigenvalue weighted by Crippen LogP contribution is 2.10. The SMILES string of the molecule is Cc1cccc(NC(N)=NCc2ccc(Cn3ccnc3)cc2)c1.I. The number of nitrogens with two attached hydrogens (primary N) is 1. The van der Waals surface area contributed by atoms with Crippen LogP contribution in [0, 0.1) is 6.92 Å². The molecule has 0 fully saturated rings. The zero-order valence-corrected chi connectivity index (χ0v) is 16.4. The summed E-state index contributed by atoms with van der Waals surface area (Å²) < 4.78 is 2.04. The van der Waals surface area contributed by atoms with Crippen LogP contribution in [0.3, 0.4) is 0 Å². The summed E-state index contributed by atoms with van der Waals surface area (Å²) in [6.07, 6.45) is 5.55. The number of hydrogen-bond donors (Lipinski definition) is 2. The highest BCUT2D eigenvalue weighted by Gasteiger charge is 1.98. The quantitative estimate of drug-likeness (QED) is 0.356. The molecule has 3 aromatic rings. The van der Waals surface area contributed by atoms with Crippen molar-refractivity contribution in [3.63, 3.8) is 0 Å². The molecular weight excluding hydrogens is 425 g/mol. The summed E-state index contributed by atoms with van der Waals surface area (Å²) in [5.41, 5.74) is 10.4. The molecule has 0 saturated carbocycles. The average Bonchev–Trinajstić information content (AvgIpc) is 3.07. The maximum Gasteiger partial charge on any atom is 0.193 e. The Labute approximate surface area is 165 Å². The van der Waals surface area contributed by atoms with Crippen LogP contribution in [0.1, 0.15) is 16.7 Å². The Morgan fingerprint density at radius 2 is 1.92 bits per heavy atom. The van der Waals surface area contributed by atoms with Gasteiger partial charge in [0.2, 0.25) is 0 Å². The zero-order chi connectivity index (χ0) is 16.8. The molecule has 6 heteroatoms. The van der Waals surface area contributed by atoms with Crippen molar-refractivity contribution in [3.8, 4) is 0 Å². The fraction of sp³-hybridized carbons (Fsp3) is 0.158. The van der Waals surface area contributed by atoms with Gasteiger partial charge in [-0.2, -0.15) is 0 Å². The Morgan fingerprint density at radius 1 is 1.16 bits per heavy atom. The van der Waals surface area contributed by atoms with Crippen molar-refractivity contribution >= 4 is 35.6 Å². The third-order valence-corrected chi connectivity index (χ3v) is 3.67. The third kappa shape index (κ3) is 5.90. The first kappa shape index (κ1) is 19.0. The molecule has 0 radical (unpaired) electrons. The molecule has 130 valence electrons. The van der Waals surface area contributed by atoms with Crippen LogP contribution in [-0.4, -0.2) is 15.5 Å². The van der Waals surface area contributed by atoms with Gasteiger partial charge in [-0.25, -0.2) is 9.98 Å². The number of aliphatic imine (C=N–C) groups is 1. The van der Waals surface area contributed by atoms with E-state index >= 15 is 0 Å². The second-order valence-corrected chi connectivity index (χ2v) is 5.75. The fourth-order valence-electron chi connectivity index (χ4n) is 2.43. The first-order valence-corrected chi connectivity index (χ1v) is 7.86. The molecule has 2 aromatic carbocycles. The number of benzene rings is 2. The molecule has 5 nitrogen and oxygen atoms in total. The number of nitrogens with one attached hydrogen (secondary N) is 1. The Kier molecular flexibility index (Phi) is 7.00. The van der Waals surface area contributed by atoms with Crippen molar-refractivity contribution in [2.75, 3.05) is 5.32 Å². The predicted molar refractivity (Wildman–Crippen MR) is 113 cm³/mol. The van der Waals surface area contributed by atoms with E-state index < -0.39 is 0 Å². The van der Waals surface area contributed by atoms with E-state index in [1.807, 2.05) is 48.3 Å². The van der Waals surface area contributed by atoms with Crippen LogP contribution in [0.5, 0.6) is 0 Å². The number of halogens is 1. The van der Waals surface area contributed by atoms with Crippen molar-refractivity contribution in [3.05, 3.63) is 83.9 Å². The number of aromatic nitrogens is 2. The van der Waals surface area contributed by atoms with E-state index in [2.05, 4.69) is 39.6 Å². The number of anilines is 1. The van der Waals surface area contributed by atoms with Gasteiger partial charge in [-0.3, -0.25) is 0 Å². The summed E-state index contributed by atoms with van der Waals surface area (Å²) in [5, 5.41) is 3.11. The molecule has 0 bridgehead atoms. The smallest absolute Gasteiger partial charge is 0.193 e. The van der Waals surface area contributed by atoms with E-state index in [9.17, 15) is 0 Å². The minimum atomic E-state index is 0. The molecule has 0 atom stereocenters. The molecule has 0 aliphatic carbocycles. The van der Waals surface area contributed by atoms with Crippen LogP contribution >= 0.6 is 24.0 Å². The van der Waals surface area contributed by atoms with Crippen LogP contribution in [0.2, 0.25) is 0 Å². The summed E-state index contributed by atoms with van der Waals surface area (Å²) in [7, 11) is 0. The Morgan fingerprint density at radius 3 is 2.60 bits per heavy atom. The first-order valence-electron chi connectivity index (χ1n) is 7.86. The predicted octanol–water partition coefficient (Wildman–Crippen LogP) is 3.78. The average molecular weight is 447 g/mol. The van der Waals surface area contributed by atoms with Crippen molar-refractivity contribution in [2.45, 2.75) is 20.0 Å². The summed E-state index contributed by atoms with van der Waals surface area (Å²) in [6.45, 7) is 3.42. The standard InChI is InChI=1S/C19H21N5.HI/c1-15-3-2-4-18(11-15)23-19(20)22-12-16-5-7-17(8-6-16)13-24-10-9-21-14-24;/h2-11,14H,12-13H2,1H3,(H3,20,22,23);1H. The second kappa shape index (κ2) is 9.22. The van der Waals surface area contributed by atoms with Crippen LogP contribution in [0.25, 0.3) is 0 Å². The van der Waals surface area contributed by atoms with Crippen LogP contribution in [0.15, 0.2) is 72.2 Å². The normalized spacial score (nSPS) is 11.0. The van der Waals surface area contributed by atoms with Gasteiger partial charge in [0.15, 0.2) is 5.96 Å². The lowest BCUT2D eigenvalue weighted by Crippen LogP contribution is -2.22. The van der Waals surface area contributed by atoms with Gasteiger partial charge in [-0.05, 0) is 35.7 Å². The number of nitrogens with zero attached hydrogens (tertiary/aromatic N) is 3. The lowest BCUT2D eigenvalue weighted by molar-refractivity contribution is 0.796. The lowest BCUT2D eigenvalue weighted by Gasteiger charge is -2.07. The van der Waals surface area contributed by atoms with E-state index in [1.165, 1.54) is 11.1 Å². The largest absolute Gasteiger partial charge is 0.370 e. The van der Waals surface area contributed by atoms with Gasteiger partial charge in [-0.1, -0.05) is 36.4 Å². The maximum atomic E-state index is 5.95. The molecule has 0 aliphatic rings. The maximum absolute atomic E-state index is 5.95. The van der Waals surface area contributed by atoms with E-state index in [4.69, 9.17) is 5.73 Å². The van der Waals surface area contributed by atoms with Crippen molar-refractivity contribution in [1.29, 1.82) is 0 Å². The second-order valence-electron chi connectivity index (χ2n) is 5.75. The number of aryl methyl sites for hydroxylation is 1. The molecule has 0 amide bonds. The van der Waals surface area contributed by atoms with Gasteiger partial charge >= 0.3 is 0 Å². The molecule has 1 aromatic heterocycles. The van der Waals surface area contributed by atoms with Crippen molar-refractivity contribution in [2.24, 2.45) is 10.7 Å². The van der Waals surface area contributed by atoms with Crippen LogP contribution in [0.4, 0.5) is 5.69 Å². The van der Waals surface area contributed by atoms with Crippen molar-refractivity contribution in [1.82, 2.24) is 9.55 Å². The van der Waals surface area contributed by atoms with Crippen LogP contribution < -0.4 is 11.1 Å². The van der Waals surface area contributed by atoms with Gasteiger partial charge < -0.3 is 15.6 Å². The van der Waals surface area contributed by atoms with Gasteiger partial charge in [0.25, 0.3) is 0 Å². The molecule has 0 spiro atoms. The van der Waals surface area contributed by atoms with Crippen molar-refractivity contribution < 1.29 is 0 Å².